The van der Waals surface area contributed by atoms with Crippen molar-refractivity contribution in [3.8, 4) is 11.5 Å². The summed E-state index contributed by atoms with van der Waals surface area (Å²) < 4.78 is 15.3. The van der Waals surface area contributed by atoms with Crippen molar-refractivity contribution in [2.45, 2.75) is 13.0 Å². The standard InChI is InChI=1S/C19H20ClNO5/c1-12(13-7-5-4-6-8-13)21-17(22)11-26-19(23)14-9-15(20)18(25-3)16(10-14)24-2/h4-10,12H,11H2,1-3H3,(H,21,22). The lowest BCUT2D eigenvalue weighted by Gasteiger charge is -2.14. The Balaban J connectivity index is 1.96. The summed E-state index contributed by atoms with van der Waals surface area (Å²) in [6.07, 6.45) is 0. The van der Waals surface area contributed by atoms with E-state index in [4.69, 9.17) is 25.8 Å². The van der Waals surface area contributed by atoms with Gasteiger partial charge in [-0.3, -0.25) is 4.79 Å². The fraction of sp³-hybridized carbons (Fsp3) is 0.263. The van der Waals surface area contributed by atoms with E-state index in [1.165, 1.54) is 26.4 Å². The van der Waals surface area contributed by atoms with Gasteiger partial charge >= 0.3 is 5.97 Å². The molecule has 138 valence electrons. The van der Waals surface area contributed by atoms with Crippen LogP contribution in [0.3, 0.4) is 0 Å². The van der Waals surface area contributed by atoms with Crippen molar-refractivity contribution in [1.29, 1.82) is 0 Å². The number of benzene rings is 2. The number of hydrogen-bond donors (Lipinski definition) is 1. The van der Waals surface area contributed by atoms with E-state index in [1.54, 1.807) is 0 Å². The number of halogens is 1. The van der Waals surface area contributed by atoms with E-state index in [2.05, 4.69) is 5.32 Å². The number of carbonyl (C=O) groups is 2. The van der Waals surface area contributed by atoms with Crippen molar-refractivity contribution < 1.29 is 23.8 Å². The number of nitrogens with one attached hydrogen (secondary N) is 1. The highest BCUT2D eigenvalue weighted by Gasteiger charge is 2.17. The molecule has 1 unspecified atom stereocenters. The van der Waals surface area contributed by atoms with Gasteiger partial charge in [0.1, 0.15) is 0 Å². The Morgan fingerprint density at radius 2 is 1.81 bits per heavy atom. The lowest BCUT2D eigenvalue weighted by Crippen LogP contribution is -2.31. The topological polar surface area (TPSA) is 73.9 Å². The molecule has 0 aliphatic heterocycles. The lowest BCUT2D eigenvalue weighted by molar-refractivity contribution is -0.124. The van der Waals surface area contributed by atoms with Gasteiger partial charge in [0, 0.05) is 0 Å². The SMILES string of the molecule is COc1cc(C(=O)OCC(=O)NC(C)c2ccccc2)cc(Cl)c1OC. The van der Waals surface area contributed by atoms with Gasteiger partial charge in [0.05, 0.1) is 30.8 Å². The molecule has 2 aromatic rings. The molecular formula is C19H20ClNO5. The van der Waals surface area contributed by atoms with Gasteiger partial charge < -0.3 is 19.5 Å². The van der Waals surface area contributed by atoms with Crippen LogP contribution in [0.15, 0.2) is 42.5 Å². The molecule has 0 bridgehead atoms. The van der Waals surface area contributed by atoms with Gasteiger partial charge in [0.2, 0.25) is 0 Å². The third-order valence-corrected chi connectivity index (χ3v) is 3.96. The number of ether oxygens (including phenoxy) is 3. The van der Waals surface area contributed by atoms with Crippen molar-refractivity contribution in [3.63, 3.8) is 0 Å². The molecule has 0 radical (unpaired) electrons. The van der Waals surface area contributed by atoms with E-state index < -0.39 is 18.5 Å². The molecule has 0 aliphatic rings. The average molecular weight is 378 g/mol. The molecule has 0 saturated carbocycles. The van der Waals surface area contributed by atoms with Gasteiger partial charge in [-0.2, -0.15) is 0 Å². The van der Waals surface area contributed by atoms with E-state index >= 15 is 0 Å². The highest BCUT2D eigenvalue weighted by molar-refractivity contribution is 6.32. The van der Waals surface area contributed by atoms with E-state index in [1.807, 2.05) is 37.3 Å². The van der Waals surface area contributed by atoms with Crippen LogP contribution in [0.5, 0.6) is 11.5 Å². The Bertz CT molecular complexity index is 779. The summed E-state index contributed by atoms with van der Waals surface area (Å²) in [7, 11) is 2.88. The summed E-state index contributed by atoms with van der Waals surface area (Å²) in [6, 6.07) is 12.1. The maximum atomic E-state index is 12.2. The van der Waals surface area contributed by atoms with Crippen LogP contribution in [0.4, 0.5) is 0 Å². The van der Waals surface area contributed by atoms with Crippen LogP contribution in [0.2, 0.25) is 5.02 Å². The highest BCUT2D eigenvalue weighted by Crippen LogP contribution is 2.36. The van der Waals surface area contributed by atoms with Crippen LogP contribution < -0.4 is 14.8 Å². The number of hydrogen-bond acceptors (Lipinski definition) is 5. The smallest absolute Gasteiger partial charge is 0.338 e. The fourth-order valence-corrected chi connectivity index (χ4v) is 2.65. The second-order valence-electron chi connectivity index (χ2n) is 5.47. The van der Waals surface area contributed by atoms with E-state index in [9.17, 15) is 9.59 Å². The molecule has 2 aromatic carbocycles. The van der Waals surface area contributed by atoms with Crippen molar-refractivity contribution in [2.75, 3.05) is 20.8 Å². The zero-order chi connectivity index (χ0) is 19.1. The number of rotatable bonds is 7. The number of methoxy groups -OCH3 is 2. The Kier molecular flexibility index (Phi) is 6.86. The van der Waals surface area contributed by atoms with Crippen LogP contribution in [0.25, 0.3) is 0 Å². The van der Waals surface area contributed by atoms with Gasteiger partial charge in [-0.05, 0) is 24.6 Å². The molecule has 7 heteroatoms. The van der Waals surface area contributed by atoms with Crippen LogP contribution >= 0.6 is 11.6 Å². The molecule has 6 nitrogen and oxygen atoms in total. The molecule has 1 N–H and O–H groups in total. The molecule has 2 rings (SSSR count). The van der Waals surface area contributed by atoms with Crippen molar-refractivity contribution in [1.82, 2.24) is 5.32 Å². The Morgan fingerprint density at radius 3 is 2.42 bits per heavy atom. The summed E-state index contributed by atoms with van der Waals surface area (Å²) in [5, 5.41) is 2.98. The largest absolute Gasteiger partial charge is 0.493 e. The van der Waals surface area contributed by atoms with Crippen molar-refractivity contribution >= 4 is 23.5 Å². The zero-order valence-corrected chi connectivity index (χ0v) is 15.5. The van der Waals surface area contributed by atoms with E-state index in [-0.39, 0.29) is 16.6 Å². The maximum Gasteiger partial charge on any atom is 0.338 e. The Labute approximate surface area is 157 Å². The molecule has 0 spiro atoms. The first-order valence-corrected chi connectivity index (χ1v) is 8.27. The molecular weight excluding hydrogens is 358 g/mol. The van der Waals surface area contributed by atoms with Gasteiger partial charge in [0.25, 0.3) is 5.91 Å². The molecule has 0 aliphatic carbocycles. The third kappa shape index (κ3) is 4.89. The summed E-state index contributed by atoms with van der Waals surface area (Å²) in [4.78, 5) is 24.2. The van der Waals surface area contributed by atoms with E-state index in [0.29, 0.717) is 11.5 Å². The summed E-state index contributed by atoms with van der Waals surface area (Å²) in [5.74, 6) is -0.467. The van der Waals surface area contributed by atoms with Crippen LogP contribution in [-0.4, -0.2) is 32.7 Å². The van der Waals surface area contributed by atoms with Gasteiger partial charge in [0.15, 0.2) is 18.1 Å². The monoisotopic (exact) mass is 377 g/mol. The quantitative estimate of drug-likeness (QED) is 0.748. The summed E-state index contributed by atoms with van der Waals surface area (Å²) in [6.45, 7) is 1.45. The zero-order valence-electron chi connectivity index (χ0n) is 14.7. The van der Waals surface area contributed by atoms with Gasteiger partial charge in [-0.25, -0.2) is 4.79 Å². The first-order chi connectivity index (χ1) is 12.5. The minimum absolute atomic E-state index is 0.163. The summed E-state index contributed by atoms with van der Waals surface area (Å²) in [5.41, 5.74) is 1.12. The Hall–Kier alpha value is -2.73. The maximum absolute atomic E-state index is 12.2. The van der Waals surface area contributed by atoms with Gasteiger partial charge in [-0.15, -0.1) is 0 Å². The highest BCUT2D eigenvalue weighted by atomic mass is 35.5. The Morgan fingerprint density at radius 1 is 1.12 bits per heavy atom. The van der Waals surface area contributed by atoms with Gasteiger partial charge in [-0.1, -0.05) is 41.9 Å². The van der Waals surface area contributed by atoms with Crippen LogP contribution in [-0.2, 0) is 9.53 Å². The molecule has 0 aromatic heterocycles. The molecule has 1 atom stereocenters. The summed E-state index contributed by atoms with van der Waals surface area (Å²) >= 11 is 6.06. The van der Waals surface area contributed by atoms with E-state index in [0.717, 1.165) is 5.56 Å². The fourth-order valence-electron chi connectivity index (χ4n) is 2.36. The van der Waals surface area contributed by atoms with Crippen LogP contribution in [0, 0.1) is 0 Å². The predicted octanol–water partition coefficient (Wildman–Crippen LogP) is 3.39. The van der Waals surface area contributed by atoms with Crippen molar-refractivity contribution in [2.24, 2.45) is 0 Å². The molecule has 0 saturated heterocycles. The van der Waals surface area contributed by atoms with Crippen LogP contribution in [0.1, 0.15) is 28.9 Å². The second kappa shape index (κ2) is 9.10. The first-order valence-electron chi connectivity index (χ1n) is 7.89. The average Bonchev–Trinajstić information content (AvgIpc) is 2.65. The number of esters is 1. The molecule has 1 amide bonds. The first kappa shape index (κ1) is 19.6. The number of amides is 1. The molecule has 26 heavy (non-hydrogen) atoms. The number of carbonyl (C=O) groups excluding carboxylic acids is 2. The molecule has 0 fully saturated rings. The second-order valence-corrected chi connectivity index (χ2v) is 5.88. The minimum Gasteiger partial charge on any atom is -0.493 e. The molecule has 0 heterocycles. The van der Waals surface area contributed by atoms with Crippen molar-refractivity contribution in [3.05, 3.63) is 58.6 Å². The third-order valence-electron chi connectivity index (χ3n) is 3.68. The minimum atomic E-state index is -0.685. The lowest BCUT2D eigenvalue weighted by atomic mass is 10.1. The normalized spacial score (nSPS) is 11.4. The predicted molar refractivity (Wildman–Crippen MR) is 97.8 cm³/mol.